The van der Waals surface area contributed by atoms with E-state index in [2.05, 4.69) is 26.0 Å². The highest BCUT2D eigenvalue weighted by Gasteiger charge is 2.30. The summed E-state index contributed by atoms with van der Waals surface area (Å²) in [6.07, 6.45) is 0. The van der Waals surface area contributed by atoms with Crippen LogP contribution in [0.25, 0.3) is 0 Å². The third-order valence-electron chi connectivity index (χ3n) is 2.99. The fraction of sp³-hybridized carbons (Fsp3) is 0.500. The second kappa shape index (κ2) is 8.98. The number of sulfonamides is 1. The number of nitrogens with two attached hydrogens (primary N) is 1. The molecule has 1 amide bonds. The topological polar surface area (TPSA) is 101 Å². The molecule has 1 aromatic carbocycles. The van der Waals surface area contributed by atoms with Gasteiger partial charge in [-0.2, -0.15) is 0 Å². The summed E-state index contributed by atoms with van der Waals surface area (Å²) >= 11 is 3.32. The highest BCUT2D eigenvalue weighted by molar-refractivity contribution is 9.10. The first-order valence-electron chi connectivity index (χ1n) is 6.88. The fourth-order valence-electron chi connectivity index (χ4n) is 1.83. The number of hydrogen-bond donors (Lipinski definition) is 3. The van der Waals surface area contributed by atoms with Crippen LogP contribution in [0.1, 0.15) is 26.3 Å². The van der Waals surface area contributed by atoms with Crippen molar-refractivity contribution in [2.75, 3.05) is 12.3 Å². The van der Waals surface area contributed by atoms with Crippen LogP contribution < -0.4 is 15.8 Å². The van der Waals surface area contributed by atoms with Gasteiger partial charge in [0.05, 0.1) is 5.75 Å². The lowest BCUT2D eigenvalue weighted by Crippen LogP contribution is -2.50. The van der Waals surface area contributed by atoms with Crippen molar-refractivity contribution in [3.63, 3.8) is 0 Å². The van der Waals surface area contributed by atoms with Gasteiger partial charge in [0.2, 0.25) is 15.9 Å². The number of halogens is 2. The molecule has 0 aliphatic heterocycles. The molecule has 1 unspecified atom stereocenters. The monoisotopic (exact) mass is 427 g/mol. The summed E-state index contributed by atoms with van der Waals surface area (Å²) in [6, 6.07) is 6.92. The van der Waals surface area contributed by atoms with E-state index < -0.39 is 21.5 Å². The molecule has 0 bridgehead atoms. The molecule has 0 saturated carbocycles. The zero-order valence-electron chi connectivity index (χ0n) is 13.3. The Hall–Kier alpha value is -0.670. The van der Waals surface area contributed by atoms with Gasteiger partial charge in [-0.25, -0.2) is 13.1 Å². The maximum Gasteiger partial charge on any atom is 0.244 e. The number of carbonyl (C=O) groups excluding carboxylic acids is 1. The summed E-state index contributed by atoms with van der Waals surface area (Å²) in [5.41, 5.74) is 5.49. The van der Waals surface area contributed by atoms with Crippen molar-refractivity contribution in [3.8, 4) is 0 Å². The summed E-state index contributed by atoms with van der Waals surface area (Å²) in [4.78, 5) is 12.2. The van der Waals surface area contributed by atoms with Gasteiger partial charge < -0.3 is 11.1 Å². The van der Waals surface area contributed by atoms with E-state index in [0.717, 1.165) is 4.47 Å². The molecule has 0 aliphatic carbocycles. The first-order valence-corrected chi connectivity index (χ1v) is 9.32. The lowest BCUT2D eigenvalue weighted by molar-refractivity contribution is -0.125. The number of rotatable bonds is 7. The predicted molar refractivity (Wildman–Crippen MR) is 98.0 cm³/mol. The van der Waals surface area contributed by atoms with Gasteiger partial charge in [-0.1, -0.05) is 28.1 Å². The standard InChI is InChI=1S/C14H22BrN3O3S.ClH/c1-10(2)18-22(20,21)9-8-17-13(19)14(3,16)11-4-6-12(15)7-5-11;/h4-7,10,18H,8-9,16H2,1-3H3,(H,17,19);1H. The Morgan fingerprint density at radius 3 is 2.30 bits per heavy atom. The molecular weight excluding hydrogens is 406 g/mol. The molecule has 1 aromatic rings. The minimum Gasteiger partial charge on any atom is -0.353 e. The normalized spacial score (nSPS) is 14.0. The molecule has 4 N–H and O–H groups in total. The van der Waals surface area contributed by atoms with Gasteiger partial charge >= 0.3 is 0 Å². The van der Waals surface area contributed by atoms with Crippen LogP contribution in [0.5, 0.6) is 0 Å². The van der Waals surface area contributed by atoms with Crippen molar-refractivity contribution in [2.24, 2.45) is 5.73 Å². The molecular formula is C14H23BrClN3O3S. The van der Waals surface area contributed by atoms with Gasteiger partial charge in [0, 0.05) is 17.1 Å². The van der Waals surface area contributed by atoms with Gasteiger partial charge in [-0.3, -0.25) is 4.79 Å². The fourth-order valence-corrected chi connectivity index (χ4v) is 3.30. The molecule has 1 atom stereocenters. The lowest BCUT2D eigenvalue weighted by Gasteiger charge is -2.24. The maximum absolute atomic E-state index is 12.2. The van der Waals surface area contributed by atoms with Crippen LogP contribution in [0.3, 0.4) is 0 Å². The van der Waals surface area contributed by atoms with Crippen molar-refractivity contribution in [1.82, 2.24) is 10.0 Å². The highest BCUT2D eigenvalue weighted by atomic mass is 79.9. The average molecular weight is 429 g/mol. The number of nitrogens with one attached hydrogen (secondary N) is 2. The van der Waals surface area contributed by atoms with E-state index >= 15 is 0 Å². The Morgan fingerprint density at radius 1 is 1.30 bits per heavy atom. The summed E-state index contributed by atoms with van der Waals surface area (Å²) in [6.45, 7) is 5.07. The molecule has 0 aromatic heterocycles. The molecule has 1 rings (SSSR count). The lowest BCUT2D eigenvalue weighted by atomic mass is 9.92. The zero-order valence-corrected chi connectivity index (χ0v) is 16.5. The summed E-state index contributed by atoms with van der Waals surface area (Å²) in [5, 5.41) is 2.57. The molecule has 0 spiro atoms. The van der Waals surface area contributed by atoms with Crippen LogP contribution in [-0.4, -0.2) is 32.7 Å². The van der Waals surface area contributed by atoms with Crippen LogP contribution >= 0.6 is 28.3 Å². The van der Waals surface area contributed by atoms with E-state index in [1.807, 2.05) is 0 Å². The Bertz CT molecular complexity index is 619. The van der Waals surface area contributed by atoms with Gasteiger partial charge in [0.15, 0.2) is 0 Å². The van der Waals surface area contributed by atoms with E-state index in [0.29, 0.717) is 5.56 Å². The smallest absolute Gasteiger partial charge is 0.244 e. The number of hydrogen-bond acceptors (Lipinski definition) is 4. The second-order valence-electron chi connectivity index (χ2n) is 5.56. The molecule has 0 heterocycles. The van der Waals surface area contributed by atoms with E-state index in [1.165, 1.54) is 0 Å². The van der Waals surface area contributed by atoms with Crippen LogP contribution in [0.2, 0.25) is 0 Å². The SMILES string of the molecule is CC(C)NS(=O)(=O)CCNC(=O)C(C)(N)c1ccc(Br)cc1.Cl. The first-order chi connectivity index (χ1) is 10.0. The molecule has 0 saturated heterocycles. The van der Waals surface area contributed by atoms with Crippen molar-refractivity contribution in [2.45, 2.75) is 32.4 Å². The molecule has 0 fully saturated rings. The quantitative estimate of drug-likeness (QED) is 0.612. The number of benzene rings is 1. The van der Waals surface area contributed by atoms with Crippen LogP contribution in [0, 0.1) is 0 Å². The molecule has 0 aliphatic rings. The maximum atomic E-state index is 12.2. The van der Waals surface area contributed by atoms with Gasteiger partial charge in [-0.05, 0) is 38.5 Å². The van der Waals surface area contributed by atoms with Crippen molar-refractivity contribution < 1.29 is 13.2 Å². The second-order valence-corrected chi connectivity index (χ2v) is 8.35. The van der Waals surface area contributed by atoms with E-state index in [1.54, 1.807) is 45.0 Å². The largest absolute Gasteiger partial charge is 0.353 e. The van der Waals surface area contributed by atoms with Crippen molar-refractivity contribution in [1.29, 1.82) is 0 Å². The van der Waals surface area contributed by atoms with Crippen LogP contribution in [0.15, 0.2) is 28.7 Å². The molecule has 9 heteroatoms. The minimum absolute atomic E-state index is 0. The molecule has 6 nitrogen and oxygen atoms in total. The Balaban J connectivity index is 0.00000484. The van der Waals surface area contributed by atoms with E-state index in [9.17, 15) is 13.2 Å². The number of carbonyl (C=O) groups is 1. The molecule has 132 valence electrons. The third-order valence-corrected chi connectivity index (χ3v) is 5.09. The van der Waals surface area contributed by atoms with Crippen molar-refractivity contribution in [3.05, 3.63) is 34.3 Å². The van der Waals surface area contributed by atoms with Crippen LogP contribution in [-0.2, 0) is 20.4 Å². The molecule has 0 radical (unpaired) electrons. The molecule has 23 heavy (non-hydrogen) atoms. The van der Waals surface area contributed by atoms with E-state index in [-0.39, 0.29) is 30.7 Å². The van der Waals surface area contributed by atoms with Gasteiger partial charge in [0.25, 0.3) is 0 Å². The summed E-state index contributed by atoms with van der Waals surface area (Å²) in [7, 11) is -3.40. The summed E-state index contributed by atoms with van der Waals surface area (Å²) in [5.74, 6) is -0.609. The third kappa shape index (κ3) is 7.17. The van der Waals surface area contributed by atoms with Crippen molar-refractivity contribution >= 4 is 44.3 Å². The van der Waals surface area contributed by atoms with Crippen LogP contribution in [0.4, 0.5) is 0 Å². The minimum atomic E-state index is -3.40. The summed E-state index contributed by atoms with van der Waals surface area (Å²) < 4.78 is 26.7. The highest BCUT2D eigenvalue weighted by Crippen LogP contribution is 2.20. The average Bonchev–Trinajstić information content (AvgIpc) is 2.37. The first kappa shape index (κ1) is 22.3. The van der Waals surface area contributed by atoms with Gasteiger partial charge in [-0.15, -0.1) is 12.4 Å². The Morgan fingerprint density at radius 2 is 1.83 bits per heavy atom. The zero-order chi connectivity index (χ0) is 17.0. The Labute approximate surface area is 152 Å². The number of amides is 1. The van der Waals surface area contributed by atoms with E-state index in [4.69, 9.17) is 5.73 Å². The predicted octanol–water partition coefficient (Wildman–Crippen LogP) is 1.49. The van der Waals surface area contributed by atoms with Gasteiger partial charge in [0.1, 0.15) is 5.54 Å². The Kier molecular flexibility index (Phi) is 8.72.